The van der Waals surface area contributed by atoms with Gasteiger partial charge in [-0.05, 0) is 36.4 Å². The second-order valence-electron chi connectivity index (χ2n) is 5.41. The molecule has 1 heterocycles. The van der Waals surface area contributed by atoms with E-state index in [9.17, 15) is 10.1 Å². The summed E-state index contributed by atoms with van der Waals surface area (Å²) in [5.41, 5.74) is 2.91. The molecule has 1 fully saturated rings. The van der Waals surface area contributed by atoms with E-state index in [0.29, 0.717) is 5.56 Å². The highest BCUT2D eigenvalue weighted by atomic mass is 16.6. The number of non-ortho nitro benzene ring substituents is 1. The molecule has 0 unspecified atom stereocenters. The van der Waals surface area contributed by atoms with E-state index in [4.69, 9.17) is 5.26 Å². The summed E-state index contributed by atoms with van der Waals surface area (Å²) in [5, 5.41) is 19.5. The Bertz CT molecular complexity index is 727. The number of piperazine rings is 1. The van der Waals surface area contributed by atoms with E-state index in [1.54, 1.807) is 24.3 Å². The molecule has 6 nitrogen and oxygen atoms in total. The third-order valence-corrected chi connectivity index (χ3v) is 4.07. The lowest BCUT2D eigenvalue weighted by molar-refractivity contribution is -0.384. The van der Waals surface area contributed by atoms with Gasteiger partial charge >= 0.3 is 0 Å². The third-order valence-electron chi connectivity index (χ3n) is 4.07. The largest absolute Gasteiger partial charge is 0.368 e. The molecule has 23 heavy (non-hydrogen) atoms. The number of hydrogen-bond donors (Lipinski definition) is 0. The Hall–Kier alpha value is -3.07. The first-order valence-electron chi connectivity index (χ1n) is 7.42. The molecule has 0 aliphatic carbocycles. The molecule has 1 saturated heterocycles. The molecule has 0 atom stereocenters. The second kappa shape index (κ2) is 6.36. The van der Waals surface area contributed by atoms with Gasteiger partial charge in [0.15, 0.2) is 0 Å². The molecule has 2 aromatic rings. The van der Waals surface area contributed by atoms with Gasteiger partial charge in [0, 0.05) is 49.7 Å². The van der Waals surface area contributed by atoms with Crippen LogP contribution in [-0.4, -0.2) is 31.1 Å². The Balaban J connectivity index is 1.63. The fourth-order valence-electron chi connectivity index (χ4n) is 2.75. The molecule has 3 rings (SSSR count). The Morgan fingerprint density at radius 2 is 1.30 bits per heavy atom. The van der Waals surface area contributed by atoms with Gasteiger partial charge in [0.2, 0.25) is 0 Å². The average molecular weight is 308 g/mol. The normalized spacial score (nSPS) is 14.4. The van der Waals surface area contributed by atoms with Gasteiger partial charge < -0.3 is 9.80 Å². The van der Waals surface area contributed by atoms with E-state index in [1.165, 1.54) is 0 Å². The van der Waals surface area contributed by atoms with E-state index >= 15 is 0 Å². The summed E-state index contributed by atoms with van der Waals surface area (Å²) < 4.78 is 0. The van der Waals surface area contributed by atoms with Crippen molar-refractivity contribution in [3.05, 3.63) is 64.2 Å². The van der Waals surface area contributed by atoms with Gasteiger partial charge in [0.1, 0.15) is 0 Å². The molecule has 1 aliphatic rings. The van der Waals surface area contributed by atoms with Gasteiger partial charge in [-0.3, -0.25) is 10.1 Å². The highest BCUT2D eigenvalue weighted by molar-refractivity contribution is 5.54. The molecule has 0 N–H and O–H groups in total. The molecule has 116 valence electrons. The maximum Gasteiger partial charge on any atom is 0.269 e. The van der Waals surface area contributed by atoms with Crippen LogP contribution in [-0.2, 0) is 0 Å². The molecule has 1 aliphatic heterocycles. The first kappa shape index (κ1) is 14.9. The van der Waals surface area contributed by atoms with Crippen molar-refractivity contribution >= 4 is 17.1 Å². The van der Waals surface area contributed by atoms with Crippen LogP contribution in [0.4, 0.5) is 17.1 Å². The molecular formula is C17H16N4O2. The summed E-state index contributed by atoms with van der Waals surface area (Å²) in [6, 6.07) is 16.4. The van der Waals surface area contributed by atoms with Crippen molar-refractivity contribution < 1.29 is 4.92 Å². The van der Waals surface area contributed by atoms with Gasteiger partial charge in [0.25, 0.3) is 5.69 Å². The summed E-state index contributed by atoms with van der Waals surface area (Å²) >= 11 is 0. The van der Waals surface area contributed by atoms with Crippen molar-refractivity contribution in [2.24, 2.45) is 0 Å². The highest BCUT2D eigenvalue weighted by Crippen LogP contribution is 2.23. The Labute approximate surface area is 134 Å². The van der Waals surface area contributed by atoms with Crippen molar-refractivity contribution in [2.45, 2.75) is 0 Å². The van der Waals surface area contributed by atoms with E-state index in [1.807, 2.05) is 24.3 Å². The third kappa shape index (κ3) is 3.24. The summed E-state index contributed by atoms with van der Waals surface area (Å²) in [4.78, 5) is 14.8. The number of nitrogens with zero attached hydrogens (tertiary/aromatic N) is 4. The SMILES string of the molecule is N#Cc1ccc(N2CCN(c3ccc([N+](=O)[O-])cc3)CC2)cc1. The fourth-order valence-corrected chi connectivity index (χ4v) is 2.75. The maximum absolute atomic E-state index is 10.7. The standard InChI is InChI=1S/C17H16N4O2/c18-13-14-1-3-15(4-2-14)19-9-11-20(12-10-19)16-5-7-17(8-6-16)21(22)23/h1-8H,9-12H2. The van der Waals surface area contributed by atoms with Crippen molar-refractivity contribution in [2.75, 3.05) is 36.0 Å². The Kier molecular flexibility index (Phi) is 4.11. The molecule has 0 saturated carbocycles. The maximum atomic E-state index is 10.7. The van der Waals surface area contributed by atoms with Gasteiger partial charge in [0.05, 0.1) is 16.6 Å². The molecule has 0 bridgehead atoms. The number of nitro groups is 1. The summed E-state index contributed by atoms with van der Waals surface area (Å²) in [6.07, 6.45) is 0. The van der Waals surface area contributed by atoms with Crippen LogP contribution >= 0.6 is 0 Å². The predicted octanol–water partition coefficient (Wildman–Crippen LogP) is 2.79. The van der Waals surface area contributed by atoms with Gasteiger partial charge in [-0.15, -0.1) is 0 Å². The van der Waals surface area contributed by atoms with Crippen LogP contribution in [0.5, 0.6) is 0 Å². The number of rotatable bonds is 3. The lowest BCUT2D eigenvalue weighted by atomic mass is 10.2. The van der Waals surface area contributed by atoms with Gasteiger partial charge in [-0.25, -0.2) is 0 Å². The molecule has 2 aromatic carbocycles. The van der Waals surface area contributed by atoms with Crippen molar-refractivity contribution in [3.8, 4) is 6.07 Å². The number of benzene rings is 2. The summed E-state index contributed by atoms with van der Waals surface area (Å²) in [5.74, 6) is 0. The van der Waals surface area contributed by atoms with Crippen LogP contribution in [0.3, 0.4) is 0 Å². The van der Waals surface area contributed by atoms with Crippen molar-refractivity contribution in [1.82, 2.24) is 0 Å². The molecule has 0 aromatic heterocycles. The lowest BCUT2D eigenvalue weighted by Gasteiger charge is -2.37. The van der Waals surface area contributed by atoms with Crippen LogP contribution in [0.15, 0.2) is 48.5 Å². The quantitative estimate of drug-likeness (QED) is 0.644. The Morgan fingerprint density at radius 3 is 1.70 bits per heavy atom. The first-order chi connectivity index (χ1) is 11.2. The minimum absolute atomic E-state index is 0.116. The number of nitro benzene ring substituents is 1. The van der Waals surface area contributed by atoms with Crippen LogP contribution in [0.1, 0.15) is 5.56 Å². The molecule has 0 radical (unpaired) electrons. The minimum atomic E-state index is -0.382. The summed E-state index contributed by atoms with van der Waals surface area (Å²) in [6.45, 7) is 3.47. The zero-order valence-electron chi connectivity index (χ0n) is 12.6. The minimum Gasteiger partial charge on any atom is -0.368 e. The van der Waals surface area contributed by atoms with Crippen LogP contribution in [0.2, 0.25) is 0 Å². The summed E-state index contributed by atoms with van der Waals surface area (Å²) in [7, 11) is 0. The second-order valence-corrected chi connectivity index (χ2v) is 5.41. The van der Waals surface area contributed by atoms with E-state index in [-0.39, 0.29) is 10.6 Å². The van der Waals surface area contributed by atoms with Gasteiger partial charge in [-0.2, -0.15) is 5.26 Å². The predicted molar refractivity (Wildman–Crippen MR) is 88.7 cm³/mol. The van der Waals surface area contributed by atoms with Crippen LogP contribution in [0.25, 0.3) is 0 Å². The fraction of sp³-hybridized carbons (Fsp3) is 0.235. The van der Waals surface area contributed by atoms with Crippen LogP contribution < -0.4 is 9.80 Å². The average Bonchev–Trinajstić information content (AvgIpc) is 2.62. The lowest BCUT2D eigenvalue weighted by Crippen LogP contribution is -2.46. The van der Waals surface area contributed by atoms with Gasteiger partial charge in [-0.1, -0.05) is 0 Å². The topological polar surface area (TPSA) is 73.4 Å². The monoisotopic (exact) mass is 308 g/mol. The number of anilines is 2. The van der Waals surface area contributed by atoms with Crippen LogP contribution in [0, 0.1) is 21.4 Å². The van der Waals surface area contributed by atoms with Crippen molar-refractivity contribution in [1.29, 1.82) is 5.26 Å². The number of nitriles is 1. The van der Waals surface area contributed by atoms with Crippen molar-refractivity contribution in [3.63, 3.8) is 0 Å². The first-order valence-corrected chi connectivity index (χ1v) is 7.42. The highest BCUT2D eigenvalue weighted by Gasteiger charge is 2.18. The molecule has 0 amide bonds. The van der Waals surface area contributed by atoms with E-state index < -0.39 is 0 Å². The molecular weight excluding hydrogens is 292 g/mol. The molecule has 0 spiro atoms. The van der Waals surface area contributed by atoms with E-state index in [2.05, 4.69) is 15.9 Å². The Morgan fingerprint density at radius 1 is 0.870 bits per heavy atom. The smallest absolute Gasteiger partial charge is 0.269 e. The molecule has 6 heteroatoms. The number of hydrogen-bond acceptors (Lipinski definition) is 5. The zero-order chi connectivity index (χ0) is 16.2. The zero-order valence-corrected chi connectivity index (χ0v) is 12.6. The van der Waals surface area contributed by atoms with E-state index in [0.717, 1.165) is 37.6 Å².